The van der Waals surface area contributed by atoms with Gasteiger partial charge in [-0.2, -0.15) is 0 Å². The van der Waals surface area contributed by atoms with Crippen LogP contribution in [0, 0.1) is 33.8 Å². The minimum absolute atomic E-state index is 0.106. The van der Waals surface area contributed by atoms with E-state index in [1.165, 1.54) is 29.2 Å². The third-order valence-electron chi connectivity index (χ3n) is 9.64. The van der Waals surface area contributed by atoms with Crippen LogP contribution in [0.4, 0.5) is 11.4 Å². The van der Waals surface area contributed by atoms with Gasteiger partial charge in [0.2, 0.25) is 11.8 Å². The second kappa shape index (κ2) is 11.5. The highest BCUT2D eigenvalue weighted by Crippen LogP contribution is 2.56. The molecule has 11 heteroatoms. The number of ketones is 1. The molecule has 2 amide bonds. The number of pyridine rings is 1. The van der Waals surface area contributed by atoms with E-state index in [1.807, 2.05) is 13.0 Å². The van der Waals surface area contributed by atoms with Crippen LogP contribution in [0.2, 0.25) is 0 Å². The normalized spacial score (nSPS) is 21.6. The molecule has 2 aliphatic carbocycles. The molecule has 2 bridgehead atoms. The fraction of sp³-hybridized carbons (Fsp3) is 0.286. The average Bonchev–Trinajstić information content (AvgIpc) is 3.76. The van der Waals surface area contributed by atoms with Gasteiger partial charge in [0, 0.05) is 33.1 Å². The number of carbonyl (C=O) groups excluding carboxylic acids is 4. The van der Waals surface area contributed by atoms with Crippen molar-refractivity contribution in [3.8, 4) is 11.3 Å². The molecule has 1 aliphatic heterocycles. The number of nitrogens with zero attached hydrogens (tertiary/aromatic N) is 3. The molecule has 0 N–H and O–H groups in total. The topological polar surface area (TPSA) is 137 Å². The van der Waals surface area contributed by atoms with E-state index in [-0.39, 0.29) is 40.5 Å². The molecular formula is C35H28BrN3O7. The molecule has 2 heterocycles. The van der Waals surface area contributed by atoms with Gasteiger partial charge < -0.3 is 4.74 Å². The SMILES string of the molecule is CCc1cc(Br)cc2c(C(=O)OCC(=O)c3ccc([N+](=O)[O-])cc3)cc(-c3ccc(N4C(=O)C5C6CCC(C6)C5C4=O)cc3)nc12. The van der Waals surface area contributed by atoms with Crippen LogP contribution in [0.3, 0.4) is 0 Å². The number of imide groups is 1. The Morgan fingerprint density at radius 2 is 1.63 bits per heavy atom. The van der Waals surface area contributed by atoms with Crippen LogP contribution in [0.5, 0.6) is 0 Å². The smallest absolute Gasteiger partial charge is 0.339 e. The summed E-state index contributed by atoms with van der Waals surface area (Å²) in [5.41, 5.74) is 3.43. The van der Waals surface area contributed by atoms with Crippen LogP contribution in [0.1, 0.15) is 52.5 Å². The Labute approximate surface area is 272 Å². The molecule has 3 aliphatic rings. The first-order valence-electron chi connectivity index (χ1n) is 15.2. The van der Waals surface area contributed by atoms with Gasteiger partial charge in [0.05, 0.1) is 39.2 Å². The fourth-order valence-corrected chi connectivity index (χ4v) is 7.96. The van der Waals surface area contributed by atoms with E-state index in [2.05, 4.69) is 15.9 Å². The van der Waals surface area contributed by atoms with Crippen LogP contribution in [0.25, 0.3) is 22.2 Å². The van der Waals surface area contributed by atoms with Crippen molar-refractivity contribution < 1.29 is 28.8 Å². The van der Waals surface area contributed by atoms with Crippen LogP contribution in [0.15, 0.2) is 71.2 Å². The minimum atomic E-state index is -0.727. The number of halogens is 1. The zero-order valence-corrected chi connectivity index (χ0v) is 26.4. The van der Waals surface area contributed by atoms with Gasteiger partial charge in [-0.1, -0.05) is 35.0 Å². The monoisotopic (exact) mass is 681 g/mol. The Morgan fingerprint density at radius 1 is 0.978 bits per heavy atom. The molecule has 0 radical (unpaired) electrons. The lowest BCUT2D eigenvalue weighted by Crippen LogP contribution is -2.32. The number of rotatable bonds is 8. The maximum absolute atomic E-state index is 13.5. The number of nitro benzene ring substituents is 1. The van der Waals surface area contributed by atoms with Gasteiger partial charge in [-0.3, -0.25) is 29.4 Å². The van der Waals surface area contributed by atoms with E-state index < -0.39 is 23.3 Å². The van der Waals surface area contributed by atoms with Crippen LogP contribution < -0.4 is 4.90 Å². The van der Waals surface area contributed by atoms with E-state index in [0.717, 1.165) is 29.3 Å². The Balaban J connectivity index is 1.18. The Morgan fingerprint density at radius 3 is 2.24 bits per heavy atom. The van der Waals surface area contributed by atoms with E-state index in [9.17, 15) is 29.3 Å². The zero-order valence-electron chi connectivity index (χ0n) is 24.8. The summed E-state index contributed by atoms with van der Waals surface area (Å²) in [5, 5.41) is 11.5. The number of esters is 1. The summed E-state index contributed by atoms with van der Waals surface area (Å²) >= 11 is 3.52. The summed E-state index contributed by atoms with van der Waals surface area (Å²) in [6.45, 7) is 1.43. The number of Topliss-reactive ketones (excluding diaryl/α,β-unsaturated/α-hetero) is 1. The van der Waals surface area contributed by atoms with Gasteiger partial charge in [0.15, 0.2) is 12.4 Å². The molecule has 3 aromatic carbocycles. The van der Waals surface area contributed by atoms with Gasteiger partial charge in [-0.05, 0) is 85.5 Å². The summed E-state index contributed by atoms with van der Waals surface area (Å²) < 4.78 is 6.21. The Hall–Kier alpha value is -4.77. The molecular weight excluding hydrogens is 654 g/mol. The van der Waals surface area contributed by atoms with Gasteiger partial charge in [-0.15, -0.1) is 0 Å². The summed E-state index contributed by atoms with van der Waals surface area (Å²) in [6.07, 6.45) is 3.64. The molecule has 1 saturated heterocycles. The number of aryl methyl sites for hydroxylation is 1. The predicted molar refractivity (Wildman–Crippen MR) is 172 cm³/mol. The van der Waals surface area contributed by atoms with Crippen molar-refractivity contribution in [2.75, 3.05) is 11.5 Å². The first-order chi connectivity index (χ1) is 22.1. The predicted octanol–water partition coefficient (Wildman–Crippen LogP) is 6.71. The highest BCUT2D eigenvalue weighted by atomic mass is 79.9. The van der Waals surface area contributed by atoms with Gasteiger partial charge >= 0.3 is 5.97 Å². The zero-order chi connectivity index (χ0) is 32.3. The maximum atomic E-state index is 13.5. The van der Waals surface area contributed by atoms with Crippen molar-refractivity contribution in [1.82, 2.24) is 4.98 Å². The number of anilines is 1. The lowest BCUT2D eigenvalue weighted by atomic mass is 9.81. The second-order valence-electron chi connectivity index (χ2n) is 12.1. The maximum Gasteiger partial charge on any atom is 0.339 e. The molecule has 7 rings (SSSR count). The summed E-state index contributed by atoms with van der Waals surface area (Å²) in [4.78, 5) is 69.5. The molecule has 2 saturated carbocycles. The van der Waals surface area contributed by atoms with Gasteiger partial charge in [0.25, 0.3) is 5.69 Å². The average molecular weight is 683 g/mol. The van der Waals surface area contributed by atoms with E-state index in [0.29, 0.717) is 46.1 Å². The van der Waals surface area contributed by atoms with Crippen LogP contribution >= 0.6 is 15.9 Å². The number of hydrogen-bond acceptors (Lipinski definition) is 8. The van der Waals surface area contributed by atoms with Crippen molar-refractivity contribution in [2.24, 2.45) is 23.7 Å². The number of non-ortho nitro benzene ring substituents is 1. The Kier molecular flexibility index (Phi) is 7.51. The highest BCUT2D eigenvalue weighted by Gasteiger charge is 2.61. The molecule has 4 atom stereocenters. The molecule has 4 unspecified atom stereocenters. The third-order valence-corrected chi connectivity index (χ3v) is 10.1. The standard InChI is InChI=1S/C35H28BrN3O7/c1-2-18-14-23(36)15-26-27(35(43)46-17-29(40)20-7-11-25(12-8-20)39(44)45)16-28(37-32(18)26)19-5-9-24(10-6-19)38-33(41)30-21-3-4-22(13-21)31(30)34(38)42/h5-12,14-16,21-22,30-31H,2-4,13,17H2,1H3. The number of carbonyl (C=O) groups is 4. The lowest BCUT2D eigenvalue weighted by molar-refractivity contribution is -0.384. The largest absolute Gasteiger partial charge is 0.454 e. The molecule has 3 fully saturated rings. The first-order valence-corrected chi connectivity index (χ1v) is 16.0. The molecule has 1 aromatic heterocycles. The van der Waals surface area contributed by atoms with Gasteiger partial charge in [-0.25, -0.2) is 9.78 Å². The molecule has 4 aromatic rings. The highest BCUT2D eigenvalue weighted by molar-refractivity contribution is 9.10. The molecule has 232 valence electrons. The molecule has 0 spiro atoms. The number of fused-ring (bicyclic) bond motifs is 6. The third kappa shape index (κ3) is 4.99. The summed E-state index contributed by atoms with van der Waals surface area (Å²) in [5.74, 6) is -1.26. The molecule has 46 heavy (non-hydrogen) atoms. The van der Waals surface area contributed by atoms with Crippen molar-refractivity contribution >= 4 is 61.8 Å². The van der Waals surface area contributed by atoms with Crippen molar-refractivity contribution in [2.45, 2.75) is 32.6 Å². The second-order valence-corrected chi connectivity index (χ2v) is 13.0. The van der Waals surface area contributed by atoms with Crippen LogP contribution in [-0.4, -0.2) is 40.1 Å². The fourth-order valence-electron chi connectivity index (χ4n) is 7.45. The summed E-state index contributed by atoms with van der Waals surface area (Å²) in [7, 11) is 0. The molecule has 10 nitrogen and oxygen atoms in total. The number of ether oxygens (including phenoxy) is 1. The number of hydrogen-bond donors (Lipinski definition) is 0. The lowest BCUT2D eigenvalue weighted by Gasteiger charge is -2.19. The van der Waals surface area contributed by atoms with Crippen molar-refractivity contribution in [1.29, 1.82) is 0 Å². The number of aromatic nitrogens is 1. The number of amides is 2. The van der Waals surface area contributed by atoms with E-state index in [4.69, 9.17) is 9.72 Å². The van der Waals surface area contributed by atoms with Crippen LogP contribution in [-0.2, 0) is 20.7 Å². The summed E-state index contributed by atoms with van der Waals surface area (Å²) in [6, 6.07) is 17.4. The minimum Gasteiger partial charge on any atom is -0.454 e. The van der Waals surface area contributed by atoms with Crippen molar-refractivity contribution in [3.63, 3.8) is 0 Å². The first kappa shape index (κ1) is 29.9. The van der Waals surface area contributed by atoms with Crippen molar-refractivity contribution in [3.05, 3.63) is 98.0 Å². The Bertz CT molecular complexity index is 1930. The number of nitro groups is 1. The quantitative estimate of drug-likeness (QED) is 0.0658. The van der Waals surface area contributed by atoms with Gasteiger partial charge in [0.1, 0.15) is 0 Å². The number of benzene rings is 3. The van der Waals surface area contributed by atoms with E-state index >= 15 is 0 Å². The van der Waals surface area contributed by atoms with E-state index in [1.54, 1.807) is 36.4 Å².